The lowest BCUT2D eigenvalue weighted by atomic mass is 10.1. The SMILES string of the molecule is Cc1ccc(C(=O)Nc2cc(C#N)ccc2C)c(Cl)c1. The second kappa shape index (κ2) is 5.77. The first-order valence-corrected chi connectivity index (χ1v) is 6.47. The van der Waals surface area contributed by atoms with E-state index >= 15 is 0 Å². The fourth-order valence-corrected chi connectivity index (χ4v) is 2.14. The number of amides is 1. The Balaban J connectivity index is 2.30. The van der Waals surface area contributed by atoms with E-state index in [2.05, 4.69) is 5.32 Å². The Kier molecular flexibility index (Phi) is 4.07. The van der Waals surface area contributed by atoms with Crippen molar-refractivity contribution in [2.75, 3.05) is 5.32 Å². The summed E-state index contributed by atoms with van der Waals surface area (Å²) >= 11 is 6.08. The molecule has 0 radical (unpaired) electrons. The molecule has 2 aromatic carbocycles. The number of carbonyl (C=O) groups is 1. The Morgan fingerprint density at radius 1 is 1.20 bits per heavy atom. The molecule has 0 unspecified atom stereocenters. The fourth-order valence-electron chi connectivity index (χ4n) is 1.82. The van der Waals surface area contributed by atoms with Crippen molar-refractivity contribution in [1.29, 1.82) is 5.26 Å². The van der Waals surface area contributed by atoms with Gasteiger partial charge in [-0.2, -0.15) is 5.26 Å². The van der Waals surface area contributed by atoms with Crippen LogP contribution in [-0.2, 0) is 0 Å². The van der Waals surface area contributed by atoms with Crippen LogP contribution < -0.4 is 5.32 Å². The zero-order chi connectivity index (χ0) is 14.7. The summed E-state index contributed by atoms with van der Waals surface area (Å²) in [5.41, 5.74) is 3.42. The van der Waals surface area contributed by atoms with E-state index in [0.717, 1.165) is 11.1 Å². The summed E-state index contributed by atoms with van der Waals surface area (Å²) in [5.74, 6) is -0.284. The van der Waals surface area contributed by atoms with E-state index < -0.39 is 0 Å². The number of hydrogen-bond donors (Lipinski definition) is 1. The van der Waals surface area contributed by atoms with Crippen LogP contribution in [0, 0.1) is 25.2 Å². The molecule has 4 heteroatoms. The van der Waals surface area contributed by atoms with Gasteiger partial charge >= 0.3 is 0 Å². The highest BCUT2D eigenvalue weighted by Gasteiger charge is 2.12. The van der Waals surface area contributed by atoms with Crippen molar-refractivity contribution in [3.05, 3.63) is 63.7 Å². The van der Waals surface area contributed by atoms with Crippen LogP contribution in [0.3, 0.4) is 0 Å². The largest absolute Gasteiger partial charge is 0.322 e. The molecule has 1 amide bonds. The van der Waals surface area contributed by atoms with Gasteiger partial charge < -0.3 is 5.32 Å². The molecule has 0 bridgehead atoms. The van der Waals surface area contributed by atoms with Gasteiger partial charge in [0.05, 0.1) is 22.2 Å². The van der Waals surface area contributed by atoms with Gasteiger partial charge in [0.1, 0.15) is 0 Å². The van der Waals surface area contributed by atoms with Crippen molar-refractivity contribution < 1.29 is 4.79 Å². The van der Waals surface area contributed by atoms with Crippen LogP contribution >= 0.6 is 11.6 Å². The summed E-state index contributed by atoms with van der Waals surface area (Å²) in [6.07, 6.45) is 0. The number of rotatable bonds is 2. The van der Waals surface area contributed by atoms with E-state index in [0.29, 0.717) is 21.8 Å². The molecular formula is C16H13ClN2O. The monoisotopic (exact) mass is 284 g/mol. The Labute approximate surface area is 122 Å². The second-order valence-electron chi connectivity index (χ2n) is 4.58. The third-order valence-corrected chi connectivity index (χ3v) is 3.30. The van der Waals surface area contributed by atoms with Gasteiger partial charge in [-0.1, -0.05) is 23.7 Å². The minimum Gasteiger partial charge on any atom is -0.322 e. The first-order valence-electron chi connectivity index (χ1n) is 6.09. The molecule has 0 heterocycles. The average Bonchev–Trinajstić information content (AvgIpc) is 2.41. The quantitative estimate of drug-likeness (QED) is 0.903. The van der Waals surface area contributed by atoms with Crippen LogP contribution in [0.4, 0.5) is 5.69 Å². The van der Waals surface area contributed by atoms with Crippen LogP contribution in [0.15, 0.2) is 36.4 Å². The summed E-state index contributed by atoms with van der Waals surface area (Å²) in [5, 5.41) is 12.1. The molecule has 1 N–H and O–H groups in total. The van der Waals surface area contributed by atoms with E-state index in [1.165, 1.54) is 0 Å². The van der Waals surface area contributed by atoms with Gasteiger partial charge in [-0.25, -0.2) is 0 Å². The Bertz CT molecular complexity index is 717. The lowest BCUT2D eigenvalue weighted by Gasteiger charge is -2.10. The molecule has 2 rings (SSSR count). The van der Waals surface area contributed by atoms with Gasteiger partial charge in [0.25, 0.3) is 5.91 Å². The fraction of sp³-hybridized carbons (Fsp3) is 0.125. The van der Waals surface area contributed by atoms with Crippen LogP contribution in [0.1, 0.15) is 27.0 Å². The number of benzene rings is 2. The van der Waals surface area contributed by atoms with Gasteiger partial charge in [-0.3, -0.25) is 4.79 Å². The van der Waals surface area contributed by atoms with Crippen molar-refractivity contribution in [3.63, 3.8) is 0 Å². The lowest BCUT2D eigenvalue weighted by Crippen LogP contribution is -2.13. The lowest BCUT2D eigenvalue weighted by molar-refractivity contribution is 0.102. The topological polar surface area (TPSA) is 52.9 Å². The molecule has 0 aromatic heterocycles. The first kappa shape index (κ1) is 14.1. The highest BCUT2D eigenvalue weighted by atomic mass is 35.5. The zero-order valence-corrected chi connectivity index (χ0v) is 12.0. The predicted molar refractivity (Wildman–Crippen MR) is 80.0 cm³/mol. The van der Waals surface area contributed by atoms with Gasteiger partial charge in [0.2, 0.25) is 0 Å². The molecule has 0 aliphatic rings. The third-order valence-electron chi connectivity index (χ3n) is 2.98. The number of nitrogens with zero attached hydrogens (tertiary/aromatic N) is 1. The summed E-state index contributed by atoms with van der Waals surface area (Å²) in [7, 11) is 0. The maximum Gasteiger partial charge on any atom is 0.257 e. The Morgan fingerprint density at radius 2 is 1.95 bits per heavy atom. The molecule has 3 nitrogen and oxygen atoms in total. The molecule has 0 aliphatic carbocycles. The predicted octanol–water partition coefficient (Wildman–Crippen LogP) is 4.08. The summed E-state index contributed by atoms with van der Waals surface area (Å²) in [4.78, 5) is 12.2. The highest BCUT2D eigenvalue weighted by Crippen LogP contribution is 2.21. The number of nitriles is 1. The Morgan fingerprint density at radius 3 is 2.60 bits per heavy atom. The summed E-state index contributed by atoms with van der Waals surface area (Å²) in [6, 6.07) is 12.5. The van der Waals surface area contributed by atoms with Crippen molar-refractivity contribution in [1.82, 2.24) is 0 Å². The van der Waals surface area contributed by atoms with Crippen LogP contribution in [0.5, 0.6) is 0 Å². The second-order valence-corrected chi connectivity index (χ2v) is 4.99. The molecule has 0 spiro atoms. The van der Waals surface area contributed by atoms with E-state index in [9.17, 15) is 4.79 Å². The van der Waals surface area contributed by atoms with Gasteiger partial charge in [-0.15, -0.1) is 0 Å². The molecule has 0 fully saturated rings. The summed E-state index contributed by atoms with van der Waals surface area (Å²) in [6.45, 7) is 3.78. The standard InChI is InChI=1S/C16H13ClN2O/c1-10-3-6-13(14(17)7-10)16(20)19-15-8-12(9-18)5-4-11(15)2/h3-8H,1-2H3,(H,19,20). The first-order chi connectivity index (χ1) is 9.51. The van der Waals surface area contributed by atoms with Crippen molar-refractivity contribution in [2.24, 2.45) is 0 Å². The van der Waals surface area contributed by atoms with E-state index in [4.69, 9.17) is 16.9 Å². The molecule has 20 heavy (non-hydrogen) atoms. The van der Waals surface area contributed by atoms with Gasteiger partial charge in [-0.05, 0) is 49.2 Å². The van der Waals surface area contributed by atoms with Crippen molar-refractivity contribution >= 4 is 23.2 Å². The number of halogens is 1. The molecular weight excluding hydrogens is 272 g/mol. The van der Waals surface area contributed by atoms with Crippen molar-refractivity contribution in [2.45, 2.75) is 13.8 Å². The third kappa shape index (κ3) is 2.98. The number of carbonyl (C=O) groups excluding carboxylic acids is 1. The average molecular weight is 285 g/mol. The molecule has 2 aromatic rings. The number of hydrogen-bond acceptors (Lipinski definition) is 2. The molecule has 0 saturated heterocycles. The maximum atomic E-state index is 12.2. The normalized spacial score (nSPS) is 9.90. The van der Waals surface area contributed by atoms with Gasteiger partial charge in [0.15, 0.2) is 0 Å². The maximum absolute atomic E-state index is 12.2. The molecule has 0 aliphatic heterocycles. The number of anilines is 1. The minimum absolute atomic E-state index is 0.284. The van der Waals surface area contributed by atoms with Crippen LogP contribution in [0.2, 0.25) is 5.02 Å². The molecule has 0 atom stereocenters. The van der Waals surface area contributed by atoms with Crippen LogP contribution in [0.25, 0.3) is 0 Å². The molecule has 0 saturated carbocycles. The molecule has 100 valence electrons. The van der Waals surface area contributed by atoms with Gasteiger partial charge in [0, 0.05) is 5.69 Å². The van der Waals surface area contributed by atoms with E-state index in [1.807, 2.05) is 26.0 Å². The number of nitrogens with one attached hydrogen (secondary N) is 1. The van der Waals surface area contributed by atoms with Crippen LogP contribution in [-0.4, -0.2) is 5.91 Å². The zero-order valence-electron chi connectivity index (χ0n) is 11.2. The smallest absolute Gasteiger partial charge is 0.257 e. The summed E-state index contributed by atoms with van der Waals surface area (Å²) < 4.78 is 0. The Hall–Kier alpha value is -2.31. The number of aryl methyl sites for hydroxylation is 2. The van der Waals surface area contributed by atoms with E-state index in [1.54, 1.807) is 30.3 Å². The minimum atomic E-state index is -0.284. The van der Waals surface area contributed by atoms with Crippen molar-refractivity contribution in [3.8, 4) is 6.07 Å². The highest BCUT2D eigenvalue weighted by molar-refractivity contribution is 6.34. The van der Waals surface area contributed by atoms with E-state index in [-0.39, 0.29) is 5.91 Å².